The largest absolute Gasteiger partial charge is 0.324 e. The number of hydrogen-bond acceptors (Lipinski definition) is 5. The molecule has 2 aromatic rings. The molecule has 0 radical (unpaired) electrons. The number of nitrogens with one attached hydrogen (secondary N) is 1. The van der Waals surface area contributed by atoms with Crippen molar-refractivity contribution >= 4 is 33.0 Å². The van der Waals surface area contributed by atoms with Gasteiger partial charge in [-0.1, -0.05) is 19.1 Å². The van der Waals surface area contributed by atoms with Crippen LogP contribution in [0.4, 0.5) is 17.1 Å². The molecule has 1 amide bonds. The van der Waals surface area contributed by atoms with Crippen molar-refractivity contribution in [3.63, 3.8) is 0 Å². The number of nitro benzene ring substituents is 1. The molecule has 0 spiro atoms. The van der Waals surface area contributed by atoms with Crippen LogP contribution in [0, 0.1) is 30.9 Å². The van der Waals surface area contributed by atoms with Crippen LogP contribution >= 0.6 is 0 Å². The van der Waals surface area contributed by atoms with Gasteiger partial charge in [-0.25, -0.2) is 8.42 Å². The Morgan fingerprint density at radius 1 is 1.10 bits per heavy atom. The highest BCUT2D eigenvalue weighted by Crippen LogP contribution is 2.27. The molecule has 1 atom stereocenters. The van der Waals surface area contributed by atoms with Crippen molar-refractivity contribution in [3.05, 3.63) is 63.2 Å². The normalized spacial score (nSPS) is 12.3. The number of anilines is 2. The summed E-state index contributed by atoms with van der Waals surface area (Å²) in [4.78, 5) is 23.5. The summed E-state index contributed by atoms with van der Waals surface area (Å²) in [6.07, 6.45) is 1.27. The molecule has 0 aliphatic rings. The molecule has 0 heterocycles. The lowest BCUT2D eigenvalue weighted by atomic mass is 10.1. The molecule has 0 bridgehead atoms. The predicted molar refractivity (Wildman–Crippen MR) is 114 cm³/mol. The van der Waals surface area contributed by atoms with Gasteiger partial charge in [0.25, 0.3) is 5.69 Å². The number of non-ortho nitro benzene ring substituents is 1. The Bertz CT molecular complexity index is 1050. The van der Waals surface area contributed by atoms with Crippen molar-refractivity contribution in [2.45, 2.75) is 40.2 Å². The first kappa shape index (κ1) is 22.4. The number of amides is 1. The number of aryl methyl sites for hydroxylation is 3. The van der Waals surface area contributed by atoms with Gasteiger partial charge >= 0.3 is 0 Å². The standard InChI is InChI=1S/C20H25N3O5S/c1-6-19(20(24)21-18-12-17(23(25)26)10-8-14(18)3)22(29(5,27)28)16-9-7-13(2)15(4)11-16/h7-12,19H,6H2,1-5H3,(H,21,24)/t19-/m1/s1. The van der Waals surface area contributed by atoms with Crippen LogP contribution in [-0.4, -0.2) is 31.5 Å². The first-order valence-electron chi connectivity index (χ1n) is 9.08. The van der Waals surface area contributed by atoms with E-state index in [0.717, 1.165) is 21.7 Å². The number of hydrogen-bond donors (Lipinski definition) is 1. The third kappa shape index (κ3) is 5.11. The molecule has 8 nitrogen and oxygen atoms in total. The van der Waals surface area contributed by atoms with E-state index in [1.165, 1.54) is 18.2 Å². The second kappa shape index (κ2) is 8.60. The predicted octanol–water partition coefficient (Wildman–Crippen LogP) is 3.70. The topological polar surface area (TPSA) is 110 Å². The van der Waals surface area contributed by atoms with E-state index in [2.05, 4.69) is 5.32 Å². The fraction of sp³-hybridized carbons (Fsp3) is 0.350. The molecule has 9 heteroatoms. The van der Waals surface area contributed by atoms with Crippen LogP contribution in [0.3, 0.4) is 0 Å². The molecule has 0 unspecified atom stereocenters. The van der Waals surface area contributed by atoms with Gasteiger partial charge < -0.3 is 5.32 Å². The molecule has 0 saturated carbocycles. The van der Waals surface area contributed by atoms with E-state index in [0.29, 0.717) is 11.3 Å². The van der Waals surface area contributed by atoms with Gasteiger partial charge in [-0.3, -0.25) is 19.2 Å². The molecule has 0 aromatic heterocycles. The van der Waals surface area contributed by atoms with Crippen LogP contribution in [0.25, 0.3) is 0 Å². The zero-order valence-corrected chi connectivity index (χ0v) is 17.9. The number of carbonyl (C=O) groups excluding carboxylic acids is 1. The van der Waals surface area contributed by atoms with Crippen molar-refractivity contribution in [3.8, 4) is 0 Å². The van der Waals surface area contributed by atoms with Gasteiger partial charge in [0, 0.05) is 12.1 Å². The smallest absolute Gasteiger partial charge is 0.271 e. The summed E-state index contributed by atoms with van der Waals surface area (Å²) >= 11 is 0. The number of nitrogens with zero attached hydrogens (tertiary/aromatic N) is 2. The first-order chi connectivity index (χ1) is 13.5. The number of rotatable bonds is 7. The quantitative estimate of drug-likeness (QED) is 0.543. The molecule has 1 N–H and O–H groups in total. The van der Waals surface area contributed by atoms with Gasteiger partial charge in [0.05, 0.1) is 22.6 Å². The lowest BCUT2D eigenvalue weighted by molar-refractivity contribution is -0.384. The monoisotopic (exact) mass is 419 g/mol. The zero-order chi connectivity index (χ0) is 21.9. The van der Waals surface area contributed by atoms with E-state index < -0.39 is 26.9 Å². The van der Waals surface area contributed by atoms with E-state index in [4.69, 9.17) is 0 Å². The Labute approximate surface area is 170 Å². The van der Waals surface area contributed by atoms with E-state index in [1.54, 1.807) is 32.0 Å². The maximum absolute atomic E-state index is 13.0. The van der Waals surface area contributed by atoms with Crippen LogP contribution in [0.2, 0.25) is 0 Å². The average Bonchev–Trinajstić information content (AvgIpc) is 2.62. The maximum atomic E-state index is 13.0. The molecular formula is C20H25N3O5S. The molecule has 156 valence electrons. The van der Waals surface area contributed by atoms with E-state index in [1.807, 2.05) is 13.8 Å². The SMILES string of the molecule is CC[C@H](C(=O)Nc1cc([N+](=O)[O-])ccc1C)N(c1ccc(C)c(C)c1)S(C)(=O)=O. The van der Waals surface area contributed by atoms with Crippen molar-refractivity contribution in [2.75, 3.05) is 15.9 Å². The average molecular weight is 420 g/mol. The molecule has 0 fully saturated rings. The molecule has 0 aliphatic carbocycles. The highest BCUT2D eigenvalue weighted by molar-refractivity contribution is 7.92. The second-order valence-corrected chi connectivity index (χ2v) is 8.86. The summed E-state index contributed by atoms with van der Waals surface area (Å²) in [6.45, 7) is 7.20. The summed E-state index contributed by atoms with van der Waals surface area (Å²) in [6, 6.07) is 8.33. The maximum Gasteiger partial charge on any atom is 0.271 e. The fourth-order valence-electron chi connectivity index (χ4n) is 3.00. The van der Waals surface area contributed by atoms with E-state index >= 15 is 0 Å². The molecule has 2 aromatic carbocycles. The number of nitro groups is 1. The number of benzene rings is 2. The van der Waals surface area contributed by atoms with Gasteiger partial charge in [0.2, 0.25) is 15.9 Å². The zero-order valence-electron chi connectivity index (χ0n) is 17.1. The Hall–Kier alpha value is -2.94. The summed E-state index contributed by atoms with van der Waals surface area (Å²) in [5.74, 6) is -0.556. The summed E-state index contributed by atoms with van der Waals surface area (Å²) < 4.78 is 26.2. The van der Waals surface area contributed by atoms with E-state index in [-0.39, 0.29) is 17.8 Å². The van der Waals surface area contributed by atoms with Crippen LogP contribution < -0.4 is 9.62 Å². The lowest BCUT2D eigenvalue weighted by Gasteiger charge is -2.30. The van der Waals surface area contributed by atoms with E-state index in [9.17, 15) is 23.3 Å². The molecular weight excluding hydrogens is 394 g/mol. The highest BCUT2D eigenvalue weighted by atomic mass is 32.2. The molecule has 0 aliphatic heterocycles. The molecule has 2 rings (SSSR count). The summed E-state index contributed by atoms with van der Waals surface area (Å²) in [7, 11) is -3.76. The highest BCUT2D eigenvalue weighted by Gasteiger charge is 2.32. The third-order valence-corrected chi connectivity index (χ3v) is 5.94. The van der Waals surface area contributed by atoms with Crippen LogP contribution in [-0.2, 0) is 14.8 Å². The van der Waals surface area contributed by atoms with Crippen molar-refractivity contribution in [1.82, 2.24) is 0 Å². The Morgan fingerprint density at radius 2 is 1.72 bits per heavy atom. The van der Waals surface area contributed by atoms with Crippen LogP contribution in [0.1, 0.15) is 30.0 Å². The Balaban J connectivity index is 2.45. The summed E-state index contributed by atoms with van der Waals surface area (Å²) in [5, 5.41) is 13.7. The number of carbonyl (C=O) groups is 1. The minimum absolute atomic E-state index is 0.159. The molecule has 0 saturated heterocycles. The van der Waals surface area contributed by atoms with Gasteiger partial charge in [-0.15, -0.1) is 0 Å². The van der Waals surface area contributed by atoms with Crippen molar-refractivity contribution in [1.29, 1.82) is 0 Å². The molecule has 29 heavy (non-hydrogen) atoms. The second-order valence-electron chi connectivity index (χ2n) is 7.00. The minimum Gasteiger partial charge on any atom is -0.324 e. The number of sulfonamides is 1. The van der Waals surface area contributed by atoms with Gasteiger partial charge in [-0.2, -0.15) is 0 Å². The lowest BCUT2D eigenvalue weighted by Crippen LogP contribution is -2.47. The first-order valence-corrected chi connectivity index (χ1v) is 10.9. The van der Waals surface area contributed by atoms with Gasteiger partial charge in [-0.05, 0) is 56.0 Å². The van der Waals surface area contributed by atoms with Gasteiger partial charge in [0.1, 0.15) is 6.04 Å². The third-order valence-electron chi connectivity index (χ3n) is 4.76. The minimum atomic E-state index is -3.76. The summed E-state index contributed by atoms with van der Waals surface area (Å²) in [5.41, 5.74) is 3.06. The fourth-order valence-corrected chi connectivity index (χ4v) is 4.20. The van der Waals surface area contributed by atoms with Crippen molar-refractivity contribution < 1.29 is 18.1 Å². The Kier molecular flexibility index (Phi) is 6.63. The van der Waals surface area contributed by atoms with Crippen LogP contribution in [0.5, 0.6) is 0 Å². The Morgan fingerprint density at radius 3 is 2.24 bits per heavy atom. The van der Waals surface area contributed by atoms with Gasteiger partial charge in [0.15, 0.2) is 0 Å². The van der Waals surface area contributed by atoms with Crippen molar-refractivity contribution in [2.24, 2.45) is 0 Å². The van der Waals surface area contributed by atoms with Crippen LogP contribution in [0.15, 0.2) is 36.4 Å².